The monoisotopic (exact) mass is 291 g/mol. The molecule has 0 aliphatic rings. The van der Waals surface area contributed by atoms with E-state index in [1.54, 1.807) is 31.2 Å². The van der Waals surface area contributed by atoms with Crippen molar-refractivity contribution in [2.45, 2.75) is 13.1 Å². The lowest BCUT2D eigenvalue weighted by Gasteiger charge is -2.11. The van der Waals surface area contributed by atoms with Crippen LogP contribution in [0.2, 0.25) is 0 Å². The molecule has 0 fully saturated rings. The van der Waals surface area contributed by atoms with E-state index in [0.717, 1.165) is 12.1 Å². The van der Waals surface area contributed by atoms with Crippen molar-refractivity contribution in [1.29, 1.82) is 0 Å². The van der Waals surface area contributed by atoms with Crippen molar-refractivity contribution < 1.29 is 13.2 Å². The Hall–Kier alpha value is -2.50. The van der Waals surface area contributed by atoms with Crippen molar-refractivity contribution in [3.05, 3.63) is 53.6 Å². The lowest BCUT2D eigenvalue weighted by Crippen LogP contribution is -2.11. The summed E-state index contributed by atoms with van der Waals surface area (Å²) < 4.78 is 39.9. The number of nitrogens with zero attached hydrogens (tertiary/aromatic N) is 2. The first kappa shape index (κ1) is 13.5. The molecule has 6 heteroatoms. The Labute approximate surface area is 118 Å². The van der Waals surface area contributed by atoms with Crippen molar-refractivity contribution >= 4 is 11.0 Å². The number of aromatic nitrogens is 2. The summed E-state index contributed by atoms with van der Waals surface area (Å²) >= 11 is 0. The molecular weight excluding hydrogens is 279 g/mol. The molecule has 1 heterocycles. The van der Waals surface area contributed by atoms with Crippen LogP contribution in [0.3, 0.4) is 0 Å². The lowest BCUT2D eigenvalue weighted by molar-refractivity contribution is -0.137. The van der Waals surface area contributed by atoms with E-state index in [1.807, 2.05) is 0 Å². The maximum absolute atomic E-state index is 12.9. The first-order chi connectivity index (χ1) is 9.88. The third-order valence-corrected chi connectivity index (χ3v) is 3.40. The van der Waals surface area contributed by atoms with Crippen molar-refractivity contribution in [2.24, 2.45) is 0 Å². The van der Waals surface area contributed by atoms with Gasteiger partial charge in [-0.25, -0.2) is 9.66 Å². The minimum Gasteiger partial charge on any atom is -0.337 e. The number of fused-ring (bicyclic) bond motifs is 1. The minimum atomic E-state index is -4.39. The Morgan fingerprint density at radius 2 is 1.81 bits per heavy atom. The highest BCUT2D eigenvalue weighted by atomic mass is 19.4. The highest BCUT2D eigenvalue weighted by molar-refractivity contribution is 5.81. The zero-order valence-electron chi connectivity index (χ0n) is 11.1. The summed E-state index contributed by atoms with van der Waals surface area (Å²) in [5.74, 6) is 6.29. The van der Waals surface area contributed by atoms with Gasteiger partial charge in [0.2, 0.25) is 0 Å². The summed E-state index contributed by atoms with van der Waals surface area (Å²) in [6, 6.07) is 10.7. The molecule has 3 rings (SSSR count). The Bertz CT molecular complexity index is 819. The first-order valence-electron chi connectivity index (χ1n) is 6.28. The Morgan fingerprint density at radius 1 is 1.10 bits per heavy atom. The second-order valence-corrected chi connectivity index (χ2v) is 4.82. The molecule has 1 aromatic heterocycles. The number of para-hydroxylation sites is 2. The predicted octanol–water partition coefficient (Wildman–Crippen LogP) is 3.74. The quantitative estimate of drug-likeness (QED) is 0.694. The molecule has 3 aromatic rings. The maximum atomic E-state index is 12.9. The lowest BCUT2D eigenvalue weighted by atomic mass is 10.0. The van der Waals surface area contributed by atoms with Crippen LogP contribution in [0.5, 0.6) is 0 Å². The van der Waals surface area contributed by atoms with E-state index in [0.29, 0.717) is 28.0 Å². The van der Waals surface area contributed by atoms with Crippen LogP contribution in [0.25, 0.3) is 22.4 Å². The van der Waals surface area contributed by atoms with Gasteiger partial charge in [0.05, 0.1) is 16.6 Å². The average molecular weight is 291 g/mol. The van der Waals surface area contributed by atoms with Gasteiger partial charge in [-0.1, -0.05) is 18.2 Å². The van der Waals surface area contributed by atoms with Gasteiger partial charge in [0, 0.05) is 5.56 Å². The summed E-state index contributed by atoms with van der Waals surface area (Å²) in [5, 5.41) is 0. The first-order valence-corrected chi connectivity index (χ1v) is 6.28. The smallest absolute Gasteiger partial charge is 0.337 e. The number of halogens is 3. The van der Waals surface area contributed by atoms with Crippen LogP contribution in [-0.2, 0) is 6.18 Å². The van der Waals surface area contributed by atoms with E-state index in [9.17, 15) is 13.2 Å². The zero-order chi connectivity index (χ0) is 15.2. The number of rotatable bonds is 1. The van der Waals surface area contributed by atoms with Crippen molar-refractivity contribution in [1.82, 2.24) is 9.66 Å². The highest BCUT2D eigenvalue weighted by Crippen LogP contribution is 2.34. The van der Waals surface area contributed by atoms with Crippen LogP contribution in [0.1, 0.15) is 11.1 Å². The summed E-state index contributed by atoms with van der Waals surface area (Å²) in [4.78, 5) is 4.34. The third kappa shape index (κ3) is 2.22. The summed E-state index contributed by atoms with van der Waals surface area (Å²) in [7, 11) is 0. The van der Waals surface area contributed by atoms with Gasteiger partial charge in [-0.15, -0.1) is 0 Å². The summed E-state index contributed by atoms with van der Waals surface area (Å²) in [6.07, 6.45) is -4.39. The zero-order valence-corrected chi connectivity index (χ0v) is 11.1. The Morgan fingerprint density at radius 3 is 2.48 bits per heavy atom. The Balaban J connectivity index is 2.25. The number of hydrogen-bond donors (Lipinski definition) is 1. The van der Waals surface area contributed by atoms with Gasteiger partial charge in [0.25, 0.3) is 0 Å². The second kappa shape index (κ2) is 4.51. The van der Waals surface area contributed by atoms with Gasteiger partial charge in [-0.05, 0) is 36.8 Å². The molecule has 0 spiro atoms. The van der Waals surface area contributed by atoms with Crippen molar-refractivity contribution in [3.63, 3.8) is 0 Å². The number of nitrogen functional groups attached to an aromatic ring is 1. The van der Waals surface area contributed by atoms with Gasteiger partial charge < -0.3 is 5.84 Å². The molecule has 2 aromatic carbocycles. The largest absolute Gasteiger partial charge is 0.416 e. The minimum absolute atomic E-state index is 0.319. The number of imidazole rings is 1. The molecule has 0 saturated carbocycles. The summed E-state index contributed by atoms with van der Waals surface area (Å²) in [6.45, 7) is 1.73. The second-order valence-electron chi connectivity index (χ2n) is 4.82. The number of aryl methyl sites for hydroxylation is 1. The van der Waals surface area contributed by atoms with E-state index >= 15 is 0 Å². The fourth-order valence-corrected chi connectivity index (χ4v) is 2.27. The van der Waals surface area contributed by atoms with Gasteiger partial charge in [-0.2, -0.15) is 13.2 Å². The average Bonchev–Trinajstić information content (AvgIpc) is 2.76. The van der Waals surface area contributed by atoms with Crippen molar-refractivity contribution in [2.75, 3.05) is 5.84 Å². The standard InChI is InChI=1S/C15H12F3N3/c1-9-6-7-10(15(16,17)18)8-11(9)14-20-12-4-2-3-5-13(12)21(14)19/h2-8H,19H2,1H3. The molecule has 0 amide bonds. The van der Waals surface area contributed by atoms with E-state index in [-0.39, 0.29) is 0 Å². The number of nitrogens with two attached hydrogens (primary N) is 1. The van der Waals surface area contributed by atoms with Crippen molar-refractivity contribution in [3.8, 4) is 11.4 Å². The molecule has 21 heavy (non-hydrogen) atoms. The van der Waals surface area contributed by atoms with E-state index in [2.05, 4.69) is 4.98 Å². The van der Waals surface area contributed by atoms with Crippen LogP contribution >= 0.6 is 0 Å². The van der Waals surface area contributed by atoms with E-state index in [1.165, 1.54) is 10.7 Å². The SMILES string of the molecule is Cc1ccc(C(F)(F)F)cc1-c1nc2ccccc2n1N. The molecule has 0 bridgehead atoms. The van der Waals surface area contributed by atoms with Gasteiger partial charge in [0.1, 0.15) is 0 Å². The Kier molecular flexibility index (Phi) is 2.90. The van der Waals surface area contributed by atoms with Crippen LogP contribution in [0, 0.1) is 6.92 Å². The van der Waals surface area contributed by atoms with Gasteiger partial charge >= 0.3 is 6.18 Å². The topological polar surface area (TPSA) is 43.8 Å². The van der Waals surface area contributed by atoms with E-state index in [4.69, 9.17) is 5.84 Å². The van der Waals surface area contributed by atoms with Crippen LogP contribution in [-0.4, -0.2) is 9.66 Å². The molecule has 0 aliphatic carbocycles. The normalized spacial score (nSPS) is 12.0. The molecule has 2 N–H and O–H groups in total. The highest BCUT2D eigenvalue weighted by Gasteiger charge is 2.31. The molecule has 0 radical (unpaired) electrons. The molecule has 108 valence electrons. The summed E-state index contributed by atoms with van der Waals surface area (Å²) in [5.41, 5.74) is 1.67. The molecular formula is C15H12F3N3. The fraction of sp³-hybridized carbons (Fsp3) is 0.133. The van der Waals surface area contributed by atoms with Gasteiger partial charge in [-0.3, -0.25) is 0 Å². The fourth-order valence-electron chi connectivity index (χ4n) is 2.27. The number of hydrogen-bond acceptors (Lipinski definition) is 2. The molecule has 0 atom stereocenters. The number of alkyl halides is 3. The molecule has 0 aliphatic heterocycles. The van der Waals surface area contributed by atoms with Crippen LogP contribution in [0.4, 0.5) is 13.2 Å². The molecule has 0 saturated heterocycles. The predicted molar refractivity (Wildman–Crippen MR) is 75.1 cm³/mol. The number of benzene rings is 2. The molecule has 3 nitrogen and oxygen atoms in total. The van der Waals surface area contributed by atoms with Gasteiger partial charge in [0.15, 0.2) is 5.82 Å². The van der Waals surface area contributed by atoms with Crippen LogP contribution < -0.4 is 5.84 Å². The van der Waals surface area contributed by atoms with Crippen LogP contribution in [0.15, 0.2) is 42.5 Å². The third-order valence-electron chi connectivity index (χ3n) is 3.40. The maximum Gasteiger partial charge on any atom is 0.416 e. The molecule has 0 unspecified atom stereocenters. The van der Waals surface area contributed by atoms with E-state index < -0.39 is 11.7 Å².